The summed E-state index contributed by atoms with van der Waals surface area (Å²) in [6.45, 7) is 3.97. The molecule has 0 spiro atoms. The third-order valence-corrected chi connectivity index (χ3v) is 3.68. The smallest absolute Gasteiger partial charge is 0.327 e. The Morgan fingerprint density at radius 1 is 1.15 bits per heavy atom. The lowest BCUT2D eigenvalue weighted by Crippen LogP contribution is -2.49. The molecular formula is C15H20N2O3. The van der Waals surface area contributed by atoms with Gasteiger partial charge in [0.1, 0.15) is 0 Å². The zero-order valence-electron chi connectivity index (χ0n) is 12.3. The van der Waals surface area contributed by atoms with Crippen LogP contribution in [0.2, 0.25) is 0 Å². The largest absolute Gasteiger partial charge is 0.375 e. The standard InChI is InChI=1S/C15H20N2O3/c1-11(2)20-10-15(12-8-6-5-7-9-12)13(18)16(3)14(19)17(15)4/h5-9,11H,10H2,1-4H3. The van der Waals surface area contributed by atoms with Gasteiger partial charge in [-0.1, -0.05) is 30.3 Å². The lowest BCUT2D eigenvalue weighted by Gasteiger charge is -2.33. The van der Waals surface area contributed by atoms with E-state index < -0.39 is 5.54 Å². The first-order valence-electron chi connectivity index (χ1n) is 6.64. The van der Waals surface area contributed by atoms with E-state index >= 15 is 0 Å². The number of hydrogen-bond donors (Lipinski definition) is 0. The summed E-state index contributed by atoms with van der Waals surface area (Å²) in [6.07, 6.45) is -0.0159. The van der Waals surface area contributed by atoms with E-state index in [1.807, 2.05) is 44.2 Å². The molecule has 2 rings (SSSR count). The third-order valence-electron chi connectivity index (χ3n) is 3.68. The monoisotopic (exact) mass is 276 g/mol. The maximum atomic E-state index is 12.6. The van der Waals surface area contributed by atoms with E-state index in [2.05, 4.69) is 0 Å². The van der Waals surface area contributed by atoms with Crippen molar-refractivity contribution in [1.82, 2.24) is 9.80 Å². The van der Waals surface area contributed by atoms with Crippen molar-refractivity contribution in [3.8, 4) is 0 Å². The lowest BCUT2D eigenvalue weighted by molar-refractivity contribution is -0.136. The van der Waals surface area contributed by atoms with Crippen molar-refractivity contribution in [2.75, 3.05) is 20.7 Å². The number of imide groups is 1. The molecule has 1 heterocycles. The molecule has 1 atom stereocenters. The summed E-state index contributed by atoms with van der Waals surface area (Å²) in [7, 11) is 3.14. The Hall–Kier alpha value is -1.88. The van der Waals surface area contributed by atoms with Gasteiger partial charge in [-0.25, -0.2) is 4.79 Å². The quantitative estimate of drug-likeness (QED) is 0.788. The van der Waals surface area contributed by atoms with Crippen LogP contribution in [-0.4, -0.2) is 48.5 Å². The third kappa shape index (κ3) is 2.08. The molecule has 5 heteroatoms. The number of hydrogen-bond acceptors (Lipinski definition) is 3. The van der Waals surface area contributed by atoms with Gasteiger partial charge in [0.2, 0.25) is 0 Å². The highest BCUT2D eigenvalue weighted by Crippen LogP contribution is 2.36. The van der Waals surface area contributed by atoms with E-state index in [1.54, 1.807) is 7.05 Å². The van der Waals surface area contributed by atoms with Gasteiger partial charge >= 0.3 is 6.03 Å². The first-order chi connectivity index (χ1) is 9.41. The second-order valence-electron chi connectivity index (χ2n) is 5.29. The SMILES string of the molecule is CC(C)OCC1(c2ccccc2)C(=O)N(C)C(=O)N1C. The zero-order valence-corrected chi connectivity index (χ0v) is 12.3. The fourth-order valence-electron chi connectivity index (χ4n) is 2.46. The fraction of sp³-hybridized carbons (Fsp3) is 0.467. The van der Waals surface area contributed by atoms with Crippen molar-refractivity contribution in [3.05, 3.63) is 35.9 Å². The van der Waals surface area contributed by atoms with Crippen molar-refractivity contribution in [1.29, 1.82) is 0 Å². The first-order valence-corrected chi connectivity index (χ1v) is 6.64. The van der Waals surface area contributed by atoms with Crippen LogP contribution in [0.5, 0.6) is 0 Å². The summed E-state index contributed by atoms with van der Waals surface area (Å²) in [5.41, 5.74) is -0.303. The van der Waals surface area contributed by atoms with Crippen LogP contribution in [0, 0.1) is 0 Å². The summed E-state index contributed by atoms with van der Waals surface area (Å²) in [5, 5.41) is 0. The highest BCUT2D eigenvalue weighted by atomic mass is 16.5. The Balaban J connectivity index is 2.50. The average molecular weight is 276 g/mol. The van der Waals surface area contributed by atoms with E-state index in [0.717, 1.165) is 10.5 Å². The van der Waals surface area contributed by atoms with Crippen LogP contribution >= 0.6 is 0 Å². The van der Waals surface area contributed by atoms with Gasteiger partial charge in [0.25, 0.3) is 5.91 Å². The maximum Gasteiger partial charge on any atom is 0.327 e. The number of likely N-dealkylation sites (N-methyl/N-ethyl adjacent to an activating group) is 2. The number of amides is 3. The van der Waals surface area contributed by atoms with Crippen LogP contribution < -0.4 is 0 Å². The van der Waals surface area contributed by atoms with Gasteiger partial charge in [-0.3, -0.25) is 9.69 Å². The number of carbonyl (C=O) groups excluding carboxylic acids is 2. The molecule has 1 fully saturated rings. The van der Waals surface area contributed by atoms with E-state index in [4.69, 9.17) is 4.74 Å². The Labute approximate surface area is 119 Å². The number of ether oxygens (including phenoxy) is 1. The molecule has 0 aromatic heterocycles. The number of benzene rings is 1. The number of urea groups is 1. The minimum atomic E-state index is -1.07. The van der Waals surface area contributed by atoms with Crippen LogP contribution in [0.3, 0.4) is 0 Å². The van der Waals surface area contributed by atoms with Crippen molar-refractivity contribution in [2.45, 2.75) is 25.5 Å². The first kappa shape index (κ1) is 14.5. The van der Waals surface area contributed by atoms with Crippen molar-refractivity contribution >= 4 is 11.9 Å². The molecule has 1 aliphatic heterocycles. The van der Waals surface area contributed by atoms with E-state index in [1.165, 1.54) is 11.9 Å². The zero-order chi connectivity index (χ0) is 14.9. The summed E-state index contributed by atoms with van der Waals surface area (Å²) < 4.78 is 5.68. The highest BCUT2D eigenvalue weighted by Gasteiger charge is 2.55. The van der Waals surface area contributed by atoms with Crippen LogP contribution in [-0.2, 0) is 15.1 Å². The van der Waals surface area contributed by atoms with Crippen LogP contribution in [0.1, 0.15) is 19.4 Å². The van der Waals surface area contributed by atoms with Gasteiger partial charge in [-0.05, 0) is 19.4 Å². The van der Waals surface area contributed by atoms with Gasteiger partial charge in [0, 0.05) is 14.1 Å². The van der Waals surface area contributed by atoms with Crippen LogP contribution in [0.25, 0.3) is 0 Å². The summed E-state index contributed by atoms with van der Waals surface area (Å²) in [6, 6.07) is 8.99. The second-order valence-corrected chi connectivity index (χ2v) is 5.29. The molecule has 0 bridgehead atoms. The van der Waals surface area contributed by atoms with Crippen molar-refractivity contribution < 1.29 is 14.3 Å². The molecule has 20 heavy (non-hydrogen) atoms. The minimum absolute atomic E-state index is 0.0159. The topological polar surface area (TPSA) is 49.9 Å². The van der Waals surface area contributed by atoms with Crippen molar-refractivity contribution in [3.63, 3.8) is 0 Å². The Morgan fingerprint density at radius 2 is 1.75 bits per heavy atom. The van der Waals surface area contributed by atoms with Crippen LogP contribution in [0.4, 0.5) is 4.79 Å². The molecule has 0 N–H and O–H groups in total. The van der Waals surface area contributed by atoms with Gasteiger partial charge in [-0.15, -0.1) is 0 Å². The summed E-state index contributed by atoms with van der Waals surface area (Å²) in [5.74, 6) is -0.253. The summed E-state index contributed by atoms with van der Waals surface area (Å²) in [4.78, 5) is 27.4. The predicted molar refractivity (Wildman–Crippen MR) is 75.1 cm³/mol. The summed E-state index contributed by atoms with van der Waals surface area (Å²) >= 11 is 0. The van der Waals surface area contributed by atoms with Gasteiger partial charge in [0.05, 0.1) is 12.7 Å². The molecule has 1 saturated heterocycles. The minimum Gasteiger partial charge on any atom is -0.375 e. The molecule has 0 aliphatic carbocycles. The normalized spacial score (nSPS) is 23.1. The van der Waals surface area contributed by atoms with E-state index in [9.17, 15) is 9.59 Å². The van der Waals surface area contributed by atoms with Gasteiger partial charge < -0.3 is 9.64 Å². The predicted octanol–water partition coefficient (Wildman–Crippen LogP) is 1.83. The molecule has 1 unspecified atom stereocenters. The molecule has 0 saturated carbocycles. The molecule has 1 aromatic rings. The maximum absolute atomic E-state index is 12.6. The lowest BCUT2D eigenvalue weighted by atomic mass is 9.89. The second kappa shape index (κ2) is 5.25. The highest BCUT2D eigenvalue weighted by molar-refractivity contribution is 6.07. The Kier molecular flexibility index (Phi) is 3.81. The molecule has 5 nitrogen and oxygen atoms in total. The molecule has 108 valence electrons. The van der Waals surface area contributed by atoms with Gasteiger partial charge in [-0.2, -0.15) is 0 Å². The number of carbonyl (C=O) groups is 2. The van der Waals surface area contributed by atoms with Crippen molar-refractivity contribution in [2.24, 2.45) is 0 Å². The van der Waals surface area contributed by atoms with Gasteiger partial charge in [0.15, 0.2) is 5.54 Å². The average Bonchev–Trinajstić information content (AvgIpc) is 2.61. The van der Waals surface area contributed by atoms with E-state index in [0.29, 0.717) is 0 Å². The van der Waals surface area contributed by atoms with Crippen LogP contribution in [0.15, 0.2) is 30.3 Å². The number of nitrogens with zero attached hydrogens (tertiary/aromatic N) is 2. The molecular weight excluding hydrogens is 256 g/mol. The molecule has 3 amide bonds. The molecule has 1 aliphatic rings. The Morgan fingerprint density at radius 3 is 2.20 bits per heavy atom. The van der Waals surface area contributed by atoms with E-state index in [-0.39, 0.29) is 24.6 Å². The molecule has 0 radical (unpaired) electrons. The molecule has 1 aromatic carbocycles. The number of rotatable bonds is 4. The Bertz CT molecular complexity index is 515. The fourth-order valence-corrected chi connectivity index (χ4v) is 2.46.